The van der Waals surface area contributed by atoms with Crippen LogP contribution in [-0.2, 0) is 36.8 Å². The maximum atomic E-state index is 13.5. The van der Waals surface area contributed by atoms with Gasteiger partial charge in [0.2, 0.25) is 6.29 Å². The third kappa shape index (κ3) is 8.19. The van der Waals surface area contributed by atoms with Gasteiger partial charge in [0.25, 0.3) is 0 Å². The lowest BCUT2D eigenvalue weighted by molar-refractivity contribution is -0.507. The van der Waals surface area contributed by atoms with Gasteiger partial charge in [0, 0.05) is 32.6 Å². The van der Waals surface area contributed by atoms with E-state index in [-0.39, 0.29) is 23.7 Å². The molecule has 4 aromatic rings. The minimum absolute atomic E-state index is 0.0119. The van der Waals surface area contributed by atoms with Gasteiger partial charge >= 0.3 is 11.9 Å². The third-order valence-electron chi connectivity index (χ3n) is 7.95. The number of unbranched alkanes of at least 4 members (excludes halogenated alkanes) is 1. The first-order chi connectivity index (χ1) is 22.7. The molecule has 1 aliphatic carbocycles. The molecule has 0 spiro atoms. The summed E-state index contributed by atoms with van der Waals surface area (Å²) in [6.07, 6.45) is 0.0617. The number of halogens is 1. The zero-order valence-corrected chi connectivity index (χ0v) is 26.8. The van der Waals surface area contributed by atoms with E-state index >= 15 is 0 Å². The number of aromatic nitrogens is 6. The first-order valence-electron chi connectivity index (χ1n) is 15.1. The molecule has 0 bridgehead atoms. The van der Waals surface area contributed by atoms with E-state index in [0.29, 0.717) is 24.6 Å². The number of methoxy groups -OCH3 is 1. The molecule has 0 saturated heterocycles. The summed E-state index contributed by atoms with van der Waals surface area (Å²) in [5.41, 5.74) is 3.69. The maximum Gasteiger partial charge on any atom is 0.361 e. The molecule has 0 radical (unpaired) electrons. The van der Waals surface area contributed by atoms with Crippen LogP contribution >= 0.6 is 11.6 Å². The van der Waals surface area contributed by atoms with E-state index in [0.717, 1.165) is 35.1 Å². The summed E-state index contributed by atoms with van der Waals surface area (Å²) in [6, 6.07) is 15.7. The average molecular weight is 670 g/mol. The lowest BCUT2D eigenvalue weighted by Crippen LogP contribution is -2.31. The second-order valence-electron chi connectivity index (χ2n) is 11.1. The van der Waals surface area contributed by atoms with Gasteiger partial charge in [0.15, 0.2) is 16.7 Å². The average Bonchev–Trinajstić information content (AvgIpc) is 3.79. The number of esters is 2. The van der Waals surface area contributed by atoms with Gasteiger partial charge in [-0.25, -0.2) is 19.7 Å². The standard InChI is InChI=1S/C31H36ClN7O8/c1-4-5-10-26-33-28(32)27(31(41)46-18(2)45-30(40)21-15-24(44-3)25(16-21)47-39(42)43)38(26)17-19-11-13-20(14-12-19)22-8-6-7-9-23(22)29-34-36-37-35-29/h6-9,11-14,18,21,24-25,42-43H,4-5,10,15-17H2,1-3H3,(H,34,35,36,37)/t18-,21-,24+,25+/m1/s1. The monoisotopic (exact) mass is 669 g/mol. The number of rotatable bonds is 14. The number of hydrogen-bond donors (Lipinski definition) is 3. The minimum atomic E-state index is -1.25. The highest BCUT2D eigenvalue weighted by atomic mass is 35.5. The van der Waals surface area contributed by atoms with Crippen molar-refractivity contribution in [1.82, 2.24) is 35.6 Å². The topological polar surface area (TPSA) is 187 Å². The fourth-order valence-electron chi connectivity index (χ4n) is 5.67. The van der Waals surface area contributed by atoms with Gasteiger partial charge < -0.3 is 18.8 Å². The van der Waals surface area contributed by atoms with Crippen LogP contribution in [0.1, 0.15) is 61.4 Å². The van der Waals surface area contributed by atoms with E-state index in [4.69, 9.17) is 41.1 Å². The number of carbonyl (C=O) groups excluding carboxylic acids is 2. The minimum Gasteiger partial charge on any atom is -0.425 e. The molecule has 0 aliphatic heterocycles. The number of imidazole rings is 1. The van der Waals surface area contributed by atoms with Gasteiger partial charge in [-0.1, -0.05) is 73.5 Å². The number of hydrogen-bond acceptors (Lipinski definition) is 13. The number of carbonyl (C=O) groups is 2. The molecular formula is C31H36ClN7O8. The zero-order valence-electron chi connectivity index (χ0n) is 26.1. The zero-order chi connectivity index (χ0) is 33.5. The molecule has 2 aromatic carbocycles. The first-order valence-corrected chi connectivity index (χ1v) is 15.5. The van der Waals surface area contributed by atoms with E-state index in [2.05, 4.69) is 32.5 Å². The van der Waals surface area contributed by atoms with Crippen LogP contribution in [0.3, 0.4) is 0 Å². The van der Waals surface area contributed by atoms with E-state index in [1.165, 1.54) is 14.0 Å². The molecular weight excluding hydrogens is 634 g/mol. The molecule has 4 atom stereocenters. The number of nitrogens with zero attached hydrogens (tertiary/aromatic N) is 6. The van der Waals surface area contributed by atoms with Gasteiger partial charge in [0.1, 0.15) is 11.9 Å². The van der Waals surface area contributed by atoms with Crippen molar-refractivity contribution < 1.29 is 39.1 Å². The summed E-state index contributed by atoms with van der Waals surface area (Å²) in [7, 11) is 1.42. The van der Waals surface area contributed by atoms with Crippen LogP contribution in [0.5, 0.6) is 0 Å². The van der Waals surface area contributed by atoms with E-state index in [1.54, 1.807) is 4.57 Å². The molecule has 5 rings (SSSR count). The highest BCUT2D eigenvalue weighted by Crippen LogP contribution is 2.33. The fourth-order valence-corrected chi connectivity index (χ4v) is 5.94. The molecule has 2 aromatic heterocycles. The summed E-state index contributed by atoms with van der Waals surface area (Å²) >= 11 is 6.51. The highest BCUT2D eigenvalue weighted by Gasteiger charge is 2.41. The summed E-state index contributed by atoms with van der Waals surface area (Å²) in [5.74, 6) is -0.935. The van der Waals surface area contributed by atoms with Crippen molar-refractivity contribution in [3.05, 3.63) is 70.8 Å². The summed E-state index contributed by atoms with van der Waals surface area (Å²) in [4.78, 5) is 35.7. The molecule has 16 heteroatoms. The van der Waals surface area contributed by atoms with Gasteiger partial charge in [-0.15, -0.1) is 5.10 Å². The van der Waals surface area contributed by atoms with E-state index in [1.807, 2.05) is 48.5 Å². The Balaban J connectivity index is 1.30. The van der Waals surface area contributed by atoms with Gasteiger partial charge in [0.05, 0.1) is 17.4 Å². The Morgan fingerprint density at radius 3 is 2.47 bits per heavy atom. The number of ether oxygens (including phenoxy) is 3. The number of H-pyrrole nitrogens is 1. The van der Waals surface area contributed by atoms with Crippen molar-refractivity contribution in [2.45, 2.75) is 71.0 Å². The largest absolute Gasteiger partial charge is 0.425 e. The van der Waals surface area contributed by atoms with Crippen molar-refractivity contribution in [3.8, 4) is 22.5 Å². The summed E-state index contributed by atoms with van der Waals surface area (Å²) in [6.45, 7) is 3.77. The molecule has 1 aliphatic rings. The Morgan fingerprint density at radius 1 is 1.09 bits per heavy atom. The predicted octanol–water partition coefficient (Wildman–Crippen LogP) is 4.63. The Kier molecular flexibility index (Phi) is 11.3. The molecule has 0 amide bonds. The lowest BCUT2D eigenvalue weighted by atomic mass is 9.98. The van der Waals surface area contributed by atoms with Crippen LogP contribution in [-0.4, -0.2) is 83.5 Å². The molecule has 0 unspecified atom stereocenters. The van der Waals surface area contributed by atoms with E-state index in [9.17, 15) is 9.59 Å². The van der Waals surface area contributed by atoms with Crippen molar-refractivity contribution in [2.75, 3.05) is 7.11 Å². The molecule has 250 valence electrons. The van der Waals surface area contributed by atoms with Crippen LogP contribution in [0.4, 0.5) is 0 Å². The number of nitrogens with one attached hydrogen (secondary N) is 1. The molecule has 3 N–H and O–H groups in total. The van der Waals surface area contributed by atoms with Gasteiger partial charge in [-0.3, -0.25) is 15.2 Å². The summed E-state index contributed by atoms with van der Waals surface area (Å²) in [5, 5.41) is 31.8. The fraction of sp³-hybridized carbons (Fsp3) is 0.419. The van der Waals surface area contributed by atoms with Crippen LogP contribution < -0.4 is 0 Å². The third-order valence-corrected chi connectivity index (χ3v) is 8.22. The highest BCUT2D eigenvalue weighted by molar-refractivity contribution is 6.32. The maximum absolute atomic E-state index is 13.5. The predicted molar refractivity (Wildman–Crippen MR) is 165 cm³/mol. The first kappa shape index (κ1) is 34.1. The SMILES string of the molecule is CCCCc1nc(Cl)c(C(=O)O[C@H](C)OC(=O)[C@@H]2C[C@H](OC)[C@@H](ON(O)O)C2)n1Cc1ccc(-c2ccccc2-c2nnn[nH]2)cc1. The van der Waals surface area contributed by atoms with Gasteiger partial charge in [-0.2, -0.15) is 0 Å². The van der Waals surface area contributed by atoms with Crippen LogP contribution in [0.15, 0.2) is 48.5 Å². The molecule has 15 nitrogen and oxygen atoms in total. The van der Waals surface area contributed by atoms with Crippen molar-refractivity contribution in [3.63, 3.8) is 0 Å². The van der Waals surface area contributed by atoms with Crippen molar-refractivity contribution in [1.29, 1.82) is 0 Å². The second-order valence-corrected chi connectivity index (χ2v) is 11.5. The number of aryl methyl sites for hydroxylation is 1. The number of aromatic amines is 1. The Labute approximate surface area is 275 Å². The smallest absolute Gasteiger partial charge is 0.361 e. The van der Waals surface area contributed by atoms with Crippen molar-refractivity contribution >= 4 is 23.5 Å². The Bertz CT molecular complexity index is 1650. The van der Waals surface area contributed by atoms with Crippen LogP contribution in [0.2, 0.25) is 5.15 Å². The van der Waals surface area contributed by atoms with Gasteiger partial charge in [-0.05, 0) is 46.4 Å². The van der Waals surface area contributed by atoms with Crippen molar-refractivity contribution in [2.24, 2.45) is 5.92 Å². The molecule has 1 fully saturated rings. The molecule has 2 heterocycles. The van der Waals surface area contributed by atoms with Crippen LogP contribution in [0, 0.1) is 5.92 Å². The van der Waals surface area contributed by atoms with E-state index < -0.39 is 41.7 Å². The molecule has 1 saturated carbocycles. The Morgan fingerprint density at radius 2 is 1.81 bits per heavy atom. The normalized spacial score (nSPS) is 18.4. The molecule has 47 heavy (non-hydrogen) atoms. The quantitative estimate of drug-likeness (QED) is 0.0959. The lowest BCUT2D eigenvalue weighted by Gasteiger charge is -2.18. The summed E-state index contributed by atoms with van der Waals surface area (Å²) < 4.78 is 18.0. The van der Waals surface area contributed by atoms with Crippen LogP contribution in [0.25, 0.3) is 22.5 Å². The second kappa shape index (κ2) is 15.6. The number of benzene rings is 2. The Hall–Kier alpha value is -4.25. The number of tetrazole rings is 1.